The fourth-order valence-electron chi connectivity index (χ4n) is 3.56. The van der Waals surface area contributed by atoms with Crippen molar-refractivity contribution >= 4 is 32.5 Å². The van der Waals surface area contributed by atoms with Crippen molar-refractivity contribution in [3.63, 3.8) is 0 Å². The maximum Gasteiger partial charge on any atom is 0.211 e. The second-order valence-electron chi connectivity index (χ2n) is 6.75. The Kier molecular flexibility index (Phi) is 4.92. The minimum atomic E-state index is -3.89. The molecule has 0 amide bonds. The number of piperidine rings is 1. The summed E-state index contributed by atoms with van der Waals surface area (Å²) in [6.07, 6.45) is 5.83. The summed E-state index contributed by atoms with van der Waals surface area (Å²) in [4.78, 5) is 4.14. The van der Waals surface area contributed by atoms with E-state index in [1.165, 1.54) is 18.2 Å². The smallest absolute Gasteiger partial charge is 0.211 e. The van der Waals surface area contributed by atoms with Crippen LogP contribution in [0.3, 0.4) is 0 Å². The number of hydrogen-bond donors (Lipinski definition) is 1. The molecule has 0 radical (unpaired) electrons. The summed E-state index contributed by atoms with van der Waals surface area (Å²) in [6.45, 7) is 1.49. The monoisotopic (exact) mass is 407 g/mol. The van der Waals surface area contributed by atoms with Gasteiger partial charge in [0, 0.05) is 24.8 Å². The maximum absolute atomic E-state index is 13.8. The van der Waals surface area contributed by atoms with Crippen molar-refractivity contribution in [2.45, 2.75) is 41.6 Å². The van der Waals surface area contributed by atoms with Crippen LogP contribution >= 0.6 is 11.6 Å². The zero-order valence-electron chi connectivity index (χ0n) is 14.5. The van der Waals surface area contributed by atoms with Gasteiger partial charge in [-0.25, -0.2) is 12.8 Å². The van der Waals surface area contributed by atoms with Gasteiger partial charge in [-0.1, -0.05) is 30.2 Å². The molecule has 5 nitrogen and oxygen atoms in total. The molecule has 3 aromatic rings. The molecule has 0 bridgehead atoms. The third-order valence-corrected chi connectivity index (χ3v) is 7.15. The average molecular weight is 408 g/mol. The van der Waals surface area contributed by atoms with Crippen LogP contribution in [0.2, 0.25) is 5.02 Å². The van der Waals surface area contributed by atoms with Crippen LogP contribution < -0.4 is 5.32 Å². The van der Waals surface area contributed by atoms with Crippen molar-refractivity contribution in [1.82, 2.24) is 14.9 Å². The lowest BCUT2D eigenvalue weighted by molar-refractivity contribution is 0.366. The van der Waals surface area contributed by atoms with Crippen LogP contribution in [-0.2, 0) is 16.4 Å². The van der Waals surface area contributed by atoms with E-state index in [9.17, 15) is 12.8 Å². The Morgan fingerprint density at radius 1 is 1.26 bits per heavy atom. The van der Waals surface area contributed by atoms with Gasteiger partial charge in [0.25, 0.3) is 0 Å². The fourth-order valence-corrected chi connectivity index (χ4v) is 5.49. The quantitative estimate of drug-likeness (QED) is 0.714. The Morgan fingerprint density at radius 2 is 2.07 bits per heavy atom. The fraction of sp³-hybridized carbons (Fsp3) is 0.316. The van der Waals surface area contributed by atoms with Crippen LogP contribution in [0.4, 0.5) is 4.39 Å². The van der Waals surface area contributed by atoms with Crippen LogP contribution in [0.15, 0.2) is 52.5 Å². The SMILES string of the molecule is O=S(=O)(c1ccccc1Cl)c1cn(C[C@H]2CCCCN2)c2cc(F)cnc12. The van der Waals surface area contributed by atoms with Gasteiger partial charge in [-0.15, -0.1) is 0 Å². The summed E-state index contributed by atoms with van der Waals surface area (Å²) in [5.41, 5.74) is 0.722. The molecular weight excluding hydrogens is 389 g/mol. The number of aromatic nitrogens is 2. The van der Waals surface area contributed by atoms with Crippen molar-refractivity contribution < 1.29 is 12.8 Å². The standard InChI is InChI=1S/C19H19ClFN3O2S/c20-15-6-1-2-7-17(15)27(25,26)18-12-24(11-14-5-3-4-8-22-14)16-9-13(21)10-23-19(16)18/h1-2,6-7,9-10,12,14,22H,3-5,8,11H2/t14-/m1/s1. The van der Waals surface area contributed by atoms with Gasteiger partial charge in [0.2, 0.25) is 9.84 Å². The largest absolute Gasteiger partial charge is 0.343 e. The van der Waals surface area contributed by atoms with E-state index in [0.717, 1.165) is 32.0 Å². The molecule has 0 saturated carbocycles. The number of sulfone groups is 1. The normalized spacial score (nSPS) is 18.1. The second-order valence-corrected chi connectivity index (χ2v) is 9.04. The summed E-state index contributed by atoms with van der Waals surface area (Å²) >= 11 is 6.12. The highest BCUT2D eigenvalue weighted by Gasteiger charge is 2.27. The van der Waals surface area contributed by atoms with Crippen LogP contribution in [0.1, 0.15) is 19.3 Å². The molecular formula is C19H19ClFN3O2S. The lowest BCUT2D eigenvalue weighted by Gasteiger charge is -2.24. The van der Waals surface area contributed by atoms with Crippen molar-refractivity contribution in [2.24, 2.45) is 0 Å². The highest BCUT2D eigenvalue weighted by molar-refractivity contribution is 7.91. The topological polar surface area (TPSA) is 64.0 Å². The van der Waals surface area contributed by atoms with Crippen molar-refractivity contribution in [3.05, 3.63) is 53.6 Å². The molecule has 0 unspecified atom stereocenters. The van der Waals surface area contributed by atoms with Crippen molar-refractivity contribution in [2.75, 3.05) is 6.54 Å². The third kappa shape index (κ3) is 3.47. The van der Waals surface area contributed by atoms with E-state index in [4.69, 9.17) is 11.6 Å². The number of hydrogen-bond acceptors (Lipinski definition) is 4. The molecule has 1 aliphatic heterocycles. The number of benzene rings is 1. The number of rotatable bonds is 4. The highest BCUT2D eigenvalue weighted by atomic mass is 35.5. The average Bonchev–Trinajstić information content (AvgIpc) is 3.01. The first-order chi connectivity index (χ1) is 13.0. The molecule has 1 N–H and O–H groups in total. The summed E-state index contributed by atoms with van der Waals surface area (Å²) in [6, 6.07) is 7.84. The summed E-state index contributed by atoms with van der Waals surface area (Å²) in [5.74, 6) is -0.500. The lowest BCUT2D eigenvalue weighted by Crippen LogP contribution is -2.37. The molecule has 1 aromatic carbocycles. The first-order valence-corrected chi connectivity index (χ1v) is 10.7. The van der Waals surface area contributed by atoms with E-state index < -0.39 is 15.7 Å². The number of pyridine rings is 1. The van der Waals surface area contributed by atoms with Gasteiger partial charge < -0.3 is 9.88 Å². The molecule has 8 heteroatoms. The molecule has 1 fully saturated rings. The van der Waals surface area contributed by atoms with Gasteiger partial charge in [-0.05, 0) is 31.5 Å². The van der Waals surface area contributed by atoms with Gasteiger partial charge in [-0.2, -0.15) is 0 Å². The molecule has 1 aliphatic rings. The first-order valence-electron chi connectivity index (χ1n) is 8.84. The summed E-state index contributed by atoms with van der Waals surface area (Å²) in [5, 5.41) is 3.58. The van der Waals surface area contributed by atoms with E-state index in [1.807, 2.05) is 0 Å². The molecule has 0 aliphatic carbocycles. The van der Waals surface area contributed by atoms with E-state index in [1.54, 1.807) is 22.9 Å². The predicted molar refractivity (Wildman–Crippen MR) is 102 cm³/mol. The van der Waals surface area contributed by atoms with Crippen LogP contribution in [0.25, 0.3) is 11.0 Å². The number of fused-ring (bicyclic) bond motifs is 1. The van der Waals surface area contributed by atoms with Crippen LogP contribution in [-0.4, -0.2) is 30.6 Å². The van der Waals surface area contributed by atoms with E-state index >= 15 is 0 Å². The zero-order chi connectivity index (χ0) is 19.0. The summed E-state index contributed by atoms with van der Waals surface area (Å²) in [7, 11) is -3.89. The molecule has 2 aromatic heterocycles. The Hall–Kier alpha value is -1.96. The molecule has 1 saturated heterocycles. The van der Waals surface area contributed by atoms with Gasteiger partial charge in [-0.3, -0.25) is 4.98 Å². The van der Waals surface area contributed by atoms with Crippen LogP contribution in [0.5, 0.6) is 0 Å². The second kappa shape index (κ2) is 7.22. The number of halogens is 2. The van der Waals surface area contributed by atoms with E-state index in [-0.39, 0.29) is 26.4 Å². The van der Waals surface area contributed by atoms with Gasteiger partial charge in [0.1, 0.15) is 16.2 Å². The molecule has 4 rings (SSSR count). The Bertz CT molecular complexity index is 1090. The number of nitrogens with one attached hydrogen (secondary N) is 1. The van der Waals surface area contributed by atoms with E-state index in [2.05, 4.69) is 10.3 Å². The van der Waals surface area contributed by atoms with Gasteiger partial charge >= 0.3 is 0 Å². The highest BCUT2D eigenvalue weighted by Crippen LogP contribution is 2.32. The first kappa shape index (κ1) is 18.4. The predicted octanol–water partition coefficient (Wildman–Crippen LogP) is 3.80. The molecule has 3 heterocycles. The Balaban J connectivity index is 1.85. The third-order valence-electron chi connectivity index (χ3n) is 4.90. The molecule has 1 atom stereocenters. The zero-order valence-corrected chi connectivity index (χ0v) is 16.1. The van der Waals surface area contributed by atoms with Gasteiger partial charge in [0.05, 0.1) is 21.6 Å². The molecule has 0 spiro atoms. The molecule has 142 valence electrons. The Morgan fingerprint density at radius 3 is 2.81 bits per heavy atom. The number of nitrogens with zero attached hydrogens (tertiary/aromatic N) is 2. The van der Waals surface area contributed by atoms with Crippen molar-refractivity contribution in [3.8, 4) is 0 Å². The summed E-state index contributed by atoms with van der Waals surface area (Å²) < 4.78 is 42.0. The lowest BCUT2D eigenvalue weighted by atomic mass is 10.1. The minimum absolute atomic E-state index is 0.0210. The maximum atomic E-state index is 13.8. The van der Waals surface area contributed by atoms with Gasteiger partial charge in [0.15, 0.2) is 0 Å². The van der Waals surface area contributed by atoms with Crippen molar-refractivity contribution in [1.29, 1.82) is 0 Å². The minimum Gasteiger partial charge on any atom is -0.343 e. The van der Waals surface area contributed by atoms with Crippen LogP contribution in [0, 0.1) is 5.82 Å². The molecule has 27 heavy (non-hydrogen) atoms. The van der Waals surface area contributed by atoms with E-state index in [0.29, 0.717) is 12.1 Å². The Labute approximate surface area is 162 Å².